The molecule has 0 atom stereocenters. The van der Waals surface area contributed by atoms with Crippen LogP contribution in [-0.2, 0) is 11.3 Å². The van der Waals surface area contributed by atoms with Crippen LogP contribution in [0, 0.1) is 13.8 Å². The van der Waals surface area contributed by atoms with Crippen LogP contribution in [0.2, 0.25) is 0 Å². The van der Waals surface area contributed by atoms with E-state index in [0.29, 0.717) is 12.4 Å². The van der Waals surface area contributed by atoms with E-state index in [0.717, 1.165) is 36.1 Å². The molecule has 1 aromatic carbocycles. The van der Waals surface area contributed by atoms with Crippen LogP contribution in [0.3, 0.4) is 0 Å². The second-order valence-corrected chi connectivity index (χ2v) is 6.42. The molecule has 2 rings (SSSR count). The van der Waals surface area contributed by atoms with Gasteiger partial charge in [-0.25, -0.2) is 14.6 Å². The fourth-order valence-electron chi connectivity index (χ4n) is 2.63. The molecular weight excluding hydrogens is 346 g/mol. The third-order valence-electron chi connectivity index (χ3n) is 4.44. The Morgan fingerprint density at radius 2 is 2.04 bits per heavy atom. The van der Waals surface area contributed by atoms with Crippen molar-refractivity contribution < 1.29 is 18.7 Å². The van der Waals surface area contributed by atoms with Crippen LogP contribution in [0.1, 0.15) is 53.7 Å². The van der Waals surface area contributed by atoms with Gasteiger partial charge in [-0.2, -0.15) is 0 Å². The minimum Gasteiger partial charge on any atom is -0.464 e. The Morgan fingerprint density at radius 3 is 2.74 bits per heavy atom. The lowest BCUT2D eigenvalue weighted by Gasteiger charge is -2.22. The number of ether oxygens (including phenoxy) is 1. The summed E-state index contributed by atoms with van der Waals surface area (Å²) in [6, 6.07) is 5.57. The molecule has 2 aromatic rings. The van der Waals surface area contributed by atoms with Crippen molar-refractivity contribution in [3.63, 3.8) is 0 Å². The van der Waals surface area contributed by atoms with Crippen molar-refractivity contribution in [1.82, 2.24) is 9.88 Å². The van der Waals surface area contributed by atoms with Crippen LogP contribution in [0.5, 0.6) is 0 Å². The summed E-state index contributed by atoms with van der Waals surface area (Å²) in [4.78, 5) is 30.1. The minimum atomic E-state index is -0.567. The number of rotatable bonds is 8. The van der Waals surface area contributed by atoms with Crippen LogP contribution < -0.4 is 5.32 Å². The number of hydrogen-bond donors (Lipinski definition) is 1. The highest BCUT2D eigenvalue weighted by Gasteiger charge is 2.19. The van der Waals surface area contributed by atoms with E-state index in [1.807, 2.05) is 32.0 Å². The summed E-state index contributed by atoms with van der Waals surface area (Å²) in [5.74, 6) is -0.273. The molecule has 7 heteroatoms. The van der Waals surface area contributed by atoms with Gasteiger partial charge in [-0.15, -0.1) is 0 Å². The number of nitrogens with one attached hydrogen (secondary N) is 1. The number of anilines is 1. The van der Waals surface area contributed by atoms with E-state index in [1.165, 1.54) is 13.4 Å². The lowest BCUT2D eigenvalue weighted by Crippen LogP contribution is -2.35. The highest BCUT2D eigenvalue weighted by atomic mass is 16.5. The quantitative estimate of drug-likeness (QED) is 0.551. The van der Waals surface area contributed by atoms with Gasteiger partial charge in [0.1, 0.15) is 6.26 Å². The predicted octanol–water partition coefficient (Wildman–Crippen LogP) is 4.30. The smallest absolute Gasteiger partial charge is 0.360 e. The number of amides is 2. The first kappa shape index (κ1) is 20.5. The number of nitrogens with zero attached hydrogens (tertiary/aromatic N) is 2. The van der Waals surface area contributed by atoms with E-state index in [9.17, 15) is 9.59 Å². The Hall–Kier alpha value is -2.83. The SMILES string of the molecule is CCCCCN(Cc1nc(C(=O)OC)co1)C(=O)Nc1cccc(C)c1C. The molecule has 146 valence electrons. The second kappa shape index (κ2) is 9.75. The summed E-state index contributed by atoms with van der Waals surface area (Å²) < 4.78 is 9.96. The van der Waals surface area contributed by atoms with Crippen LogP contribution in [0.25, 0.3) is 0 Å². The highest BCUT2D eigenvalue weighted by molar-refractivity contribution is 5.90. The van der Waals surface area contributed by atoms with E-state index in [1.54, 1.807) is 4.90 Å². The fourth-order valence-corrected chi connectivity index (χ4v) is 2.63. The Labute approximate surface area is 159 Å². The number of unbranched alkanes of at least 4 members (excludes halogenated alkanes) is 2. The van der Waals surface area contributed by atoms with Gasteiger partial charge in [0.25, 0.3) is 0 Å². The van der Waals surface area contributed by atoms with Crippen molar-refractivity contribution in [2.75, 3.05) is 19.0 Å². The van der Waals surface area contributed by atoms with E-state index in [2.05, 4.69) is 22.0 Å². The van der Waals surface area contributed by atoms with Crippen LogP contribution in [-0.4, -0.2) is 35.5 Å². The van der Waals surface area contributed by atoms with E-state index < -0.39 is 5.97 Å². The Morgan fingerprint density at radius 1 is 1.26 bits per heavy atom. The lowest BCUT2D eigenvalue weighted by molar-refractivity contribution is 0.0594. The molecule has 7 nitrogen and oxygen atoms in total. The maximum absolute atomic E-state index is 12.8. The number of aryl methyl sites for hydroxylation is 1. The van der Waals surface area contributed by atoms with Crippen LogP contribution in [0.15, 0.2) is 28.9 Å². The first-order valence-corrected chi connectivity index (χ1v) is 9.11. The third kappa shape index (κ3) is 5.57. The van der Waals surface area contributed by atoms with E-state index in [4.69, 9.17) is 4.42 Å². The molecule has 1 N–H and O–H groups in total. The first-order valence-electron chi connectivity index (χ1n) is 9.11. The van der Waals surface area contributed by atoms with Crippen molar-refractivity contribution in [3.8, 4) is 0 Å². The molecule has 0 unspecified atom stereocenters. The molecule has 0 fully saturated rings. The van der Waals surface area contributed by atoms with Gasteiger partial charge in [0, 0.05) is 12.2 Å². The van der Waals surface area contributed by atoms with Crippen LogP contribution >= 0.6 is 0 Å². The van der Waals surface area contributed by atoms with Gasteiger partial charge in [-0.05, 0) is 37.5 Å². The number of benzene rings is 1. The summed E-state index contributed by atoms with van der Waals surface area (Å²) in [6.45, 7) is 6.84. The van der Waals surface area contributed by atoms with Crippen LogP contribution in [0.4, 0.5) is 10.5 Å². The minimum absolute atomic E-state index is 0.0935. The number of oxazole rings is 1. The van der Waals surface area contributed by atoms with Gasteiger partial charge in [0.15, 0.2) is 5.69 Å². The molecule has 0 saturated heterocycles. The first-order chi connectivity index (χ1) is 13.0. The summed E-state index contributed by atoms with van der Waals surface area (Å²) in [6.07, 6.45) is 4.19. The predicted molar refractivity (Wildman–Crippen MR) is 103 cm³/mol. The van der Waals surface area contributed by atoms with Crippen molar-refractivity contribution in [1.29, 1.82) is 0 Å². The fraction of sp³-hybridized carbons (Fsp3) is 0.450. The van der Waals surface area contributed by atoms with Gasteiger partial charge in [-0.1, -0.05) is 31.9 Å². The van der Waals surface area contributed by atoms with E-state index in [-0.39, 0.29) is 18.3 Å². The van der Waals surface area contributed by atoms with Gasteiger partial charge < -0.3 is 19.4 Å². The molecule has 0 radical (unpaired) electrons. The molecule has 0 aliphatic rings. The zero-order chi connectivity index (χ0) is 19.8. The number of carbonyl (C=O) groups is 2. The molecular formula is C20H27N3O4. The zero-order valence-electron chi connectivity index (χ0n) is 16.4. The average Bonchev–Trinajstić information content (AvgIpc) is 3.12. The Balaban J connectivity index is 2.12. The molecule has 0 spiro atoms. The summed E-state index contributed by atoms with van der Waals surface area (Å²) in [7, 11) is 1.28. The van der Waals surface area contributed by atoms with E-state index >= 15 is 0 Å². The normalized spacial score (nSPS) is 10.5. The molecule has 0 saturated carbocycles. The standard InChI is InChI=1S/C20H27N3O4/c1-5-6-7-11-23(12-18-21-17(13-27-18)19(24)26-4)20(25)22-16-10-8-9-14(2)15(16)3/h8-10,13H,5-7,11-12H2,1-4H3,(H,22,25). The summed E-state index contributed by atoms with van der Waals surface area (Å²) in [5.41, 5.74) is 3.02. The van der Waals surface area contributed by atoms with Crippen molar-refractivity contribution in [2.45, 2.75) is 46.6 Å². The number of methoxy groups -OCH3 is 1. The summed E-state index contributed by atoms with van der Waals surface area (Å²) >= 11 is 0. The number of carbonyl (C=O) groups excluding carboxylic acids is 2. The Kier molecular flexibility index (Phi) is 7.40. The number of esters is 1. The van der Waals surface area contributed by atoms with Gasteiger partial charge in [-0.3, -0.25) is 0 Å². The topological polar surface area (TPSA) is 84.7 Å². The number of urea groups is 1. The third-order valence-corrected chi connectivity index (χ3v) is 4.44. The largest absolute Gasteiger partial charge is 0.464 e. The number of hydrogen-bond acceptors (Lipinski definition) is 5. The maximum Gasteiger partial charge on any atom is 0.360 e. The second-order valence-electron chi connectivity index (χ2n) is 6.42. The zero-order valence-corrected chi connectivity index (χ0v) is 16.4. The van der Waals surface area contributed by atoms with Crippen molar-refractivity contribution >= 4 is 17.7 Å². The van der Waals surface area contributed by atoms with Gasteiger partial charge in [0.2, 0.25) is 5.89 Å². The monoisotopic (exact) mass is 373 g/mol. The molecule has 0 aliphatic heterocycles. The van der Waals surface area contributed by atoms with Gasteiger partial charge >= 0.3 is 12.0 Å². The lowest BCUT2D eigenvalue weighted by atomic mass is 10.1. The molecule has 0 bridgehead atoms. The van der Waals surface area contributed by atoms with Crippen molar-refractivity contribution in [3.05, 3.63) is 47.2 Å². The molecule has 1 heterocycles. The summed E-state index contributed by atoms with van der Waals surface area (Å²) in [5, 5.41) is 2.96. The molecule has 2 amide bonds. The maximum atomic E-state index is 12.8. The number of aromatic nitrogens is 1. The van der Waals surface area contributed by atoms with Gasteiger partial charge in [0.05, 0.1) is 13.7 Å². The molecule has 1 aromatic heterocycles. The average molecular weight is 373 g/mol. The molecule has 27 heavy (non-hydrogen) atoms. The molecule has 0 aliphatic carbocycles. The Bertz CT molecular complexity index is 785. The van der Waals surface area contributed by atoms with Crippen molar-refractivity contribution in [2.24, 2.45) is 0 Å². The highest BCUT2D eigenvalue weighted by Crippen LogP contribution is 2.19.